The molecule has 1 aliphatic rings. The summed E-state index contributed by atoms with van der Waals surface area (Å²) in [4.78, 5) is 13.6. The molecule has 0 bridgehead atoms. The smallest absolute Gasteiger partial charge is 0.277 e. The maximum Gasteiger partial charge on any atom is 0.277 e. The van der Waals surface area contributed by atoms with Crippen LogP contribution in [0.4, 0.5) is 5.82 Å². The van der Waals surface area contributed by atoms with Gasteiger partial charge in [0.1, 0.15) is 11.9 Å². The lowest BCUT2D eigenvalue weighted by Gasteiger charge is -2.27. The van der Waals surface area contributed by atoms with Crippen molar-refractivity contribution in [2.24, 2.45) is 0 Å². The second-order valence-corrected chi connectivity index (χ2v) is 9.27. The van der Waals surface area contributed by atoms with Gasteiger partial charge in [0, 0.05) is 11.7 Å². The molecule has 0 atom stereocenters. The number of thiophene rings is 1. The molecule has 3 heterocycles. The van der Waals surface area contributed by atoms with Crippen LogP contribution in [-0.2, 0) is 4.79 Å². The molecule has 1 N–H and O–H groups in total. The van der Waals surface area contributed by atoms with Gasteiger partial charge in [-0.2, -0.15) is 5.26 Å². The third kappa shape index (κ3) is 4.16. The highest BCUT2D eigenvalue weighted by Gasteiger charge is 2.26. The third-order valence-electron chi connectivity index (χ3n) is 5.53. The van der Waals surface area contributed by atoms with Gasteiger partial charge >= 0.3 is 0 Å². The second-order valence-electron chi connectivity index (χ2n) is 7.39. The number of nitriles is 1. The van der Waals surface area contributed by atoms with Gasteiger partial charge in [0.05, 0.1) is 16.2 Å². The Morgan fingerprint density at radius 2 is 2.17 bits per heavy atom. The zero-order chi connectivity index (χ0) is 21.1. The first-order valence-electron chi connectivity index (χ1n) is 10.00. The van der Waals surface area contributed by atoms with E-state index >= 15 is 0 Å². The third-order valence-corrected chi connectivity index (χ3v) is 7.21. The van der Waals surface area contributed by atoms with Crippen molar-refractivity contribution in [1.29, 1.82) is 5.26 Å². The highest BCUT2D eigenvalue weighted by atomic mass is 32.2. The molecule has 0 unspecified atom stereocenters. The maximum absolute atomic E-state index is 12.7. The molecule has 0 spiro atoms. The number of hydrogen-bond acceptors (Lipinski definition) is 7. The Morgan fingerprint density at radius 1 is 1.37 bits per heavy atom. The highest BCUT2D eigenvalue weighted by molar-refractivity contribution is 7.99. The number of nitrogens with one attached hydrogen (secondary N) is 1. The minimum Gasteiger partial charge on any atom is -0.410 e. The van der Waals surface area contributed by atoms with Crippen molar-refractivity contribution >= 4 is 34.8 Å². The molecule has 0 aliphatic heterocycles. The molecule has 7 nitrogen and oxygen atoms in total. The van der Waals surface area contributed by atoms with Gasteiger partial charge in [-0.3, -0.25) is 4.79 Å². The molecule has 0 aromatic carbocycles. The molecule has 1 saturated carbocycles. The summed E-state index contributed by atoms with van der Waals surface area (Å²) in [7, 11) is 0. The average molecular weight is 442 g/mol. The molecular formula is C21H23N5O2S2. The van der Waals surface area contributed by atoms with Crippen molar-refractivity contribution in [1.82, 2.24) is 14.8 Å². The SMILES string of the molecule is Cc1c(C#N)c(NC(=O)CSc2nnc(-c3cccs3)o2)n(C2CCCCC2)c1C. The maximum atomic E-state index is 12.7. The van der Waals surface area contributed by atoms with Gasteiger partial charge in [0.15, 0.2) is 0 Å². The first-order valence-corrected chi connectivity index (χ1v) is 11.9. The topological polar surface area (TPSA) is 96.7 Å². The number of carbonyl (C=O) groups is 1. The van der Waals surface area contributed by atoms with Gasteiger partial charge in [0.2, 0.25) is 5.91 Å². The quantitative estimate of drug-likeness (QED) is 0.520. The number of carbonyl (C=O) groups excluding carboxylic acids is 1. The molecule has 1 aliphatic carbocycles. The van der Waals surface area contributed by atoms with Crippen LogP contribution >= 0.6 is 23.1 Å². The second kappa shape index (κ2) is 9.06. The largest absolute Gasteiger partial charge is 0.410 e. The van der Waals surface area contributed by atoms with E-state index in [4.69, 9.17) is 4.42 Å². The summed E-state index contributed by atoms with van der Waals surface area (Å²) in [6.07, 6.45) is 5.75. The summed E-state index contributed by atoms with van der Waals surface area (Å²) in [6.45, 7) is 3.97. The Labute approximate surface area is 183 Å². The Bertz CT molecular complexity index is 1070. The van der Waals surface area contributed by atoms with Crippen LogP contribution in [0, 0.1) is 25.2 Å². The first kappa shape index (κ1) is 20.7. The minimum atomic E-state index is -0.193. The number of anilines is 1. The molecule has 0 radical (unpaired) electrons. The average Bonchev–Trinajstić information content (AvgIpc) is 3.48. The number of nitrogens with zero attached hydrogens (tertiary/aromatic N) is 4. The van der Waals surface area contributed by atoms with Crippen LogP contribution in [0.15, 0.2) is 27.2 Å². The molecule has 1 amide bonds. The van der Waals surface area contributed by atoms with Gasteiger partial charge in [-0.05, 0) is 43.7 Å². The van der Waals surface area contributed by atoms with Gasteiger partial charge in [0.25, 0.3) is 11.1 Å². The lowest BCUT2D eigenvalue weighted by Crippen LogP contribution is -2.21. The monoisotopic (exact) mass is 441 g/mol. The molecule has 0 saturated heterocycles. The van der Waals surface area contributed by atoms with Gasteiger partial charge < -0.3 is 14.3 Å². The number of amides is 1. The molecule has 30 heavy (non-hydrogen) atoms. The van der Waals surface area contributed by atoms with Crippen LogP contribution < -0.4 is 5.32 Å². The minimum absolute atomic E-state index is 0.130. The highest BCUT2D eigenvalue weighted by Crippen LogP contribution is 2.37. The Balaban J connectivity index is 1.47. The van der Waals surface area contributed by atoms with Crippen molar-refractivity contribution in [2.75, 3.05) is 11.1 Å². The molecule has 1 fully saturated rings. The van der Waals surface area contributed by atoms with Crippen LogP contribution in [0.2, 0.25) is 0 Å². The van der Waals surface area contributed by atoms with Crippen LogP contribution in [0.3, 0.4) is 0 Å². The predicted molar refractivity (Wildman–Crippen MR) is 118 cm³/mol. The van der Waals surface area contributed by atoms with E-state index in [1.807, 2.05) is 31.4 Å². The number of thioether (sulfide) groups is 1. The number of aromatic nitrogens is 3. The fourth-order valence-electron chi connectivity index (χ4n) is 3.95. The van der Waals surface area contributed by atoms with E-state index in [0.29, 0.717) is 28.5 Å². The first-order chi connectivity index (χ1) is 14.6. The predicted octanol–water partition coefficient (Wildman–Crippen LogP) is 5.32. The van der Waals surface area contributed by atoms with E-state index in [-0.39, 0.29) is 11.7 Å². The summed E-state index contributed by atoms with van der Waals surface area (Å²) in [6, 6.07) is 6.43. The van der Waals surface area contributed by atoms with E-state index < -0.39 is 0 Å². The Morgan fingerprint density at radius 3 is 2.87 bits per heavy atom. The van der Waals surface area contributed by atoms with E-state index in [0.717, 1.165) is 29.0 Å². The summed E-state index contributed by atoms with van der Waals surface area (Å²) in [5.41, 5.74) is 2.54. The molecule has 4 rings (SSSR count). The van der Waals surface area contributed by atoms with E-state index in [1.165, 1.54) is 42.4 Å². The van der Waals surface area contributed by atoms with Crippen molar-refractivity contribution in [3.63, 3.8) is 0 Å². The Hall–Kier alpha value is -2.57. The zero-order valence-electron chi connectivity index (χ0n) is 17.0. The fraction of sp³-hybridized carbons (Fsp3) is 0.429. The van der Waals surface area contributed by atoms with Gasteiger partial charge in [-0.25, -0.2) is 0 Å². The van der Waals surface area contributed by atoms with Crippen molar-refractivity contribution in [3.05, 3.63) is 34.3 Å². The summed E-state index contributed by atoms with van der Waals surface area (Å²) >= 11 is 2.71. The van der Waals surface area contributed by atoms with Crippen LogP contribution in [-0.4, -0.2) is 26.4 Å². The normalized spacial score (nSPS) is 14.6. The lowest BCUT2D eigenvalue weighted by atomic mass is 9.95. The molecule has 3 aromatic rings. The van der Waals surface area contributed by atoms with Crippen LogP contribution in [0.5, 0.6) is 0 Å². The Kier molecular flexibility index (Phi) is 6.25. The van der Waals surface area contributed by atoms with Gasteiger partial charge in [-0.15, -0.1) is 21.5 Å². The summed E-state index contributed by atoms with van der Waals surface area (Å²) < 4.78 is 7.79. The van der Waals surface area contributed by atoms with E-state index in [9.17, 15) is 10.1 Å². The zero-order valence-corrected chi connectivity index (χ0v) is 18.6. The van der Waals surface area contributed by atoms with E-state index in [1.54, 1.807) is 0 Å². The number of hydrogen-bond donors (Lipinski definition) is 1. The van der Waals surface area contributed by atoms with Crippen LogP contribution in [0.1, 0.15) is 55.0 Å². The van der Waals surface area contributed by atoms with E-state index in [2.05, 4.69) is 26.2 Å². The number of rotatable bonds is 6. The lowest BCUT2D eigenvalue weighted by molar-refractivity contribution is -0.113. The standard InChI is InChI=1S/C21H23N5O2S2/c1-13-14(2)26(15-7-4-3-5-8-15)19(16(13)11-22)23-18(27)12-30-21-25-24-20(28-21)17-9-6-10-29-17/h6,9-10,15H,3-5,7-8,12H2,1-2H3,(H,23,27). The summed E-state index contributed by atoms with van der Waals surface area (Å²) in [5.74, 6) is 1.01. The van der Waals surface area contributed by atoms with Crippen LogP contribution in [0.25, 0.3) is 10.8 Å². The van der Waals surface area contributed by atoms with Crippen molar-refractivity contribution in [2.45, 2.75) is 57.2 Å². The molecule has 156 valence electrons. The molecular weight excluding hydrogens is 418 g/mol. The fourth-order valence-corrected chi connectivity index (χ4v) is 5.15. The van der Waals surface area contributed by atoms with Gasteiger partial charge in [-0.1, -0.05) is 37.1 Å². The molecule has 3 aromatic heterocycles. The summed E-state index contributed by atoms with van der Waals surface area (Å²) in [5, 5.41) is 23.0. The van der Waals surface area contributed by atoms with Crippen molar-refractivity contribution < 1.29 is 9.21 Å². The van der Waals surface area contributed by atoms with Crippen molar-refractivity contribution in [3.8, 4) is 16.8 Å². The molecule has 9 heteroatoms.